The molecular formula is C9H15N3O3S2. The lowest BCUT2D eigenvalue weighted by Gasteiger charge is -2.15. The van der Waals surface area contributed by atoms with Crippen molar-refractivity contribution < 1.29 is 12.9 Å². The Morgan fingerprint density at radius 2 is 2.18 bits per heavy atom. The van der Waals surface area contributed by atoms with Crippen molar-refractivity contribution in [3.8, 4) is 0 Å². The molecule has 0 amide bonds. The maximum absolute atomic E-state index is 12.1. The first-order chi connectivity index (χ1) is 7.79. The van der Waals surface area contributed by atoms with Crippen LogP contribution in [0.15, 0.2) is 9.42 Å². The highest BCUT2D eigenvalue weighted by molar-refractivity contribution is 7.89. The van der Waals surface area contributed by atoms with Crippen LogP contribution in [0.3, 0.4) is 0 Å². The van der Waals surface area contributed by atoms with Crippen molar-refractivity contribution in [1.82, 2.24) is 9.88 Å². The summed E-state index contributed by atoms with van der Waals surface area (Å²) < 4.78 is 31.4. The van der Waals surface area contributed by atoms with E-state index in [0.717, 1.165) is 0 Å². The molecule has 0 aliphatic carbocycles. The zero-order valence-corrected chi connectivity index (χ0v) is 11.5. The average molecular weight is 277 g/mol. The smallest absolute Gasteiger partial charge is 0.246 e. The van der Waals surface area contributed by atoms with Gasteiger partial charge in [-0.3, -0.25) is 0 Å². The maximum Gasteiger partial charge on any atom is 0.246 e. The van der Waals surface area contributed by atoms with Gasteiger partial charge in [0.25, 0.3) is 0 Å². The molecule has 17 heavy (non-hydrogen) atoms. The molecule has 6 nitrogen and oxygen atoms in total. The van der Waals surface area contributed by atoms with Crippen LogP contribution < -0.4 is 10.5 Å². The quantitative estimate of drug-likeness (QED) is 0.766. The highest BCUT2D eigenvalue weighted by Gasteiger charge is 2.27. The molecule has 0 aliphatic heterocycles. The van der Waals surface area contributed by atoms with Crippen molar-refractivity contribution in [3.05, 3.63) is 11.5 Å². The van der Waals surface area contributed by atoms with E-state index in [1.54, 1.807) is 13.8 Å². The maximum atomic E-state index is 12.1. The van der Waals surface area contributed by atoms with E-state index in [0.29, 0.717) is 12.1 Å². The van der Waals surface area contributed by atoms with Gasteiger partial charge in [-0.05, 0) is 20.3 Å². The van der Waals surface area contributed by atoms with E-state index >= 15 is 0 Å². The number of hydrogen-bond acceptors (Lipinski definition) is 5. The molecule has 1 rings (SSSR count). The Morgan fingerprint density at radius 3 is 2.53 bits per heavy atom. The molecule has 96 valence electrons. The fraction of sp³-hybridized carbons (Fsp3) is 0.556. The lowest BCUT2D eigenvalue weighted by Crippen LogP contribution is -2.43. The van der Waals surface area contributed by atoms with Crippen molar-refractivity contribution in [2.45, 2.75) is 38.1 Å². The Labute approximate surface area is 106 Å². The average Bonchev–Trinajstić information content (AvgIpc) is 2.55. The van der Waals surface area contributed by atoms with Gasteiger partial charge in [0, 0.05) is 0 Å². The van der Waals surface area contributed by atoms with Crippen LogP contribution in [-0.2, 0) is 10.0 Å². The second-order valence-electron chi connectivity index (χ2n) is 3.64. The molecular weight excluding hydrogens is 262 g/mol. The molecule has 0 radical (unpaired) electrons. The van der Waals surface area contributed by atoms with Gasteiger partial charge in [0.2, 0.25) is 10.0 Å². The first kappa shape index (κ1) is 14.1. The molecule has 0 bridgehead atoms. The van der Waals surface area contributed by atoms with E-state index in [1.165, 1.54) is 6.92 Å². The first-order valence-electron chi connectivity index (χ1n) is 5.04. The molecule has 0 fully saturated rings. The lowest BCUT2D eigenvalue weighted by atomic mass is 10.2. The minimum Gasteiger partial charge on any atom is -0.392 e. The fourth-order valence-corrected chi connectivity index (χ4v) is 3.38. The van der Waals surface area contributed by atoms with Gasteiger partial charge in [-0.15, -0.1) is 0 Å². The van der Waals surface area contributed by atoms with Crippen molar-refractivity contribution in [3.63, 3.8) is 0 Å². The van der Waals surface area contributed by atoms with Crippen LogP contribution in [0.1, 0.15) is 24.8 Å². The van der Waals surface area contributed by atoms with Crippen molar-refractivity contribution >= 4 is 27.2 Å². The SMILES string of the molecule is CCC(NS(=O)(=O)c1c(C)noc1C)C(N)=S. The van der Waals surface area contributed by atoms with Gasteiger partial charge in [0.05, 0.1) is 11.0 Å². The summed E-state index contributed by atoms with van der Waals surface area (Å²) in [7, 11) is -3.71. The summed E-state index contributed by atoms with van der Waals surface area (Å²) in [6.45, 7) is 4.89. The molecule has 3 N–H and O–H groups in total. The highest BCUT2D eigenvalue weighted by atomic mass is 32.2. The lowest BCUT2D eigenvalue weighted by molar-refractivity contribution is 0.390. The van der Waals surface area contributed by atoms with Crippen LogP contribution >= 0.6 is 12.2 Å². The third-order valence-corrected chi connectivity index (χ3v) is 4.29. The number of sulfonamides is 1. The molecule has 8 heteroatoms. The van der Waals surface area contributed by atoms with Crippen LogP contribution in [-0.4, -0.2) is 24.6 Å². The summed E-state index contributed by atoms with van der Waals surface area (Å²) in [6, 6.07) is -0.566. The Balaban J connectivity index is 3.09. The molecule has 0 aromatic carbocycles. The molecule has 1 aromatic rings. The number of aromatic nitrogens is 1. The van der Waals surface area contributed by atoms with Crippen molar-refractivity contribution in [1.29, 1.82) is 0 Å². The number of nitrogens with one attached hydrogen (secondary N) is 1. The zero-order valence-electron chi connectivity index (χ0n) is 9.85. The summed E-state index contributed by atoms with van der Waals surface area (Å²) in [4.78, 5) is 0.162. The van der Waals surface area contributed by atoms with Gasteiger partial charge < -0.3 is 10.3 Å². The van der Waals surface area contributed by atoms with E-state index < -0.39 is 16.1 Å². The number of nitrogens with zero attached hydrogens (tertiary/aromatic N) is 1. The molecule has 0 saturated carbocycles. The van der Waals surface area contributed by atoms with Gasteiger partial charge in [-0.2, -0.15) is 0 Å². The molecule has 0 aliphatic rings. The first-order valence-corrected chi connectivity index (χ1v) is 6.93. The second-order valence-corrected chi connectivity index (χ2v) is 5.76. The summed E-state index contributed by atoms with van der Waals surface area (Å²) in [5, 5.41) is 3.60. The van der Waals surface area contributed by atoms with Crippen LogP contribution in [0.2, 0.25) is 0 Å². The monoisotopic (exact) mass is 277 g/mol. The zero-order chi connectivity index (χ0) is 13.2. The predicted molar refractivity (Wildman–Crippen MR) is 67.2 cm³/mol. The molecule has 1 atom stereocenters. The van der Waals surface area contributed by atoms with Gasteiger partial charge in [-0.1, -0.05) is 24.3 Å². The highest BCUT2D eigenvalue weighted by Crippen LogP contribution is 2.19. The van der Waals surface area contributed by atoms with Crippen LogP contribution in [0.25, 0.3) is 0 Å². The Hall–Kier alpha value is -0.990. The van der Waals surface area contributed by atoms with E-state index in [1.807, 2.05) is 0 Å². The standard InChI is InChI=1S/C9H15N3O3S2/c1-4-7(9(10)16)12-17(13,14)8-5(2)11-15-6(8)3/h7,12H,4H2,1-3H3,(H2,10,16). The normalized spacial score (nSPS) is 13.6. The van der Waals surface area contributed by atoms with E-state index in [4.69, 9.17) is 22.5 Å². The molecule has 0 saturated heterocycles. The third-order valence-electron chi connectivity index (χ3n) is 2.29. The van der Waals surface area contributed by atoms with Crippen LogP contribution in [0.5, 0.6) is 0 Å². The molecule has 1 unspecified atom stereocenters. The number of rotatable bonds is 5. The topological polar surface area (TPSA) is 98.2 Å². The fourth-order valence-electron chi connectivity index (χ4n) is 1.45. The van der Waals surface area contributed by atoms with Gasteiger partial charge in [0.15, 0.2) is 5.76 Å². The second kappa shape index (κ2) is 5.11. The summed E-state index contributed by atoms with van der Waals surface area (Å²) >= 11 is 4.79. The summed E-state index contributed by atoms with van der Waals surface area (Å²) in [6.07, 6.45) is 0.484. The van der Waals surface area contributed by atoms with Crippen molar-refractivity contribution in [2.75, 3.05) is 0 Å². The van der Waals surface area contributed by atoms with Crippen molar-refractivity contribution in [2.24, 2.45) is 5.73 Å². The Kier molecular flexibility index (Phi) is 4.23. The third kappa shape index (κ3) is 3.02. The summed E-state index contributed by atoms with van der Waals surface area (Å²) in [5.41, 5.74) is 5.76. The molecule has 1 heterocycles. The number of aryl methyl sites for hydroxylation is 2. The predicted octanol–water partition coefficient (Wildman–Crippen LogP) is 0.634. The largest absolute Gasteiger partial charge is 0.392 e. The van der Waals surface area contributed by atoms with Crippen LogP contribution in [0, 0.1) is 13.8 Å². The molecule has 1 aromatic heterocycles. The Bertz CT molecular complexity index is 502. The summed E-state index contributed by atoms with van der Waals surface area (Å²) in [5.74, 6) is 0.243. The van der Waals surface area contributed by atoms with Crippen LogP contribution in [0.4, 0.5) is 0 Å². The molecule has 0 spiro atoms. The van der Waals surface area contributed by atoms with E-state index in [2.05, 4.69) is 9.88 Å². The minimum absolute atomic E-state index is 0.0483. The number of nitrogens with two attached hydrogens (primary N) is 1. The van der Waals surface area contributed by atoms with Gasteiger partial charge in [-0.25, -0.2) is 13.1 Å². The van der Waals surface area contributed by atoms with Gasteiger partial charge in [0.1, 0.15) is 10.6 Å². The minimum atomic E-state index is -3.71. The van der Waals surface area contributed by atoms with E-state index in [-0.39, 0.29) is 15.6 Å². The Morgan fingerprint density at radius 1 is 1.59 bits per heavy atom. The number of thiocarbonyl (C=S) groups is 1. The number of hydrogen-bond donors (Lipinski definition) is 2. The van der Waals surface area contributed by atoms with E-state index in [9.17, 15) is 8.42 Å². The van der Waals surface area contributed by atoms with Gasteiger partial charge >= 0.3 is 0 Å².